The molecule has 0 fully saturated rings. The highest BCUT2D eigenvalue weighted by molar-refractivity contribution is 5.91. The van der Waals surface area contributed by atoms with Crippen molar-refractivity contribution < 1.29 is 27.4 Å². The van der Waals surface area contributed by atoms with Crippen LogP contribution in [0, 0.1) is 0 Å². The van der Waals surface area contributed by atoms with Crippen LogP contribution in [0.5, 0.6) is 11.5 Å². The van der Waals surface area contributed by atoms with Crippen LogP contribution in [-0.2, 0) is 11.0 Å². The average molecular weight is 353 g/mol. The van der Waals surface area contributed by atoms with E-state index in [1.807, 2.05) is 0 Å². The summed E-state index contributed by atoms with van der Waals surface area (Å²) in [6.45, 7) is 0.245. The van der Waals surface area contributed by atoms with Gasteiger partial charge in [0.1, 0.15) is 0 Å². The van der Waals surface area contributed by atoms with Crippen molar-refractivity contribution in [1.82, 2.24) is 0 Å². The summed E-state index contributed by atoms with van der Waals surface area (Å²) in [7, 11) is 1.52. The minimum absolute atomic E-state index is 0.0430. The highest BCUT2D eigenvalue weighted by atomic mass is 19.4. The molecule has 1 N–H and O–H groups in total. The molecule has 0 aliphatic heterocycles. The summed E-state index contributed by atoms with van der Waals surface area (Å²) < 4.78 is 49.3. The molecule has 0 heterocycles. The number of anilines is 1. The van der Waals surface area contributed by atoms with E-state index in [-0.39, 0.29) is 18.7 Å². The Kier molecular flexibility index (Phi) is 6.27. The van der Waals surface area contributed by atoms with E-state index in [0.29, 0.717) is 17.9 Å². The highest BCUT2D eigenvalue weighted by Crippen LogP contribution is 2.34. The molecule has 2 aromatic carbocycles. The van der Waals surface area contributed by atoms with Crippen LogP contribution in [0.2, 0.25) is 0 Å². The molecular formula is C18H18F3NO3. The summed E-state index contributed by atoms with van der Waals surface area (Å²) in [6, 6.07) is 12.0. The van der Waals surface area contributed by atoms with Crippen molar-refractivity contribution in [2.45, 2.75) is 19.0 Å². The van der Waals surface area contributed by atoms with Crippen molar-refractivity contribution in [2.75, 3.05) is 19.0 Å². The van der Waals surface area contributed by atoms with Crippen molar-refractivity contribution in [3.8, 4) is 11.5 Å². The molecule has 7 heteroatoms. The van der Waals surface area contributed by atoms with Crippen LogP contribution in [0.3, 0.4) is 0 Å². The lowest BCUT2D eigenvalue weighted by molar-refractivity contribution is -0.137. The first-order valence-electron chi connectivity index (χ1n) is 7.63. The van der Waals surface area contributed by atoms with Gasteiger partial charge in [-0.25, -0.2) is 0 Å². The standard InChI is InChI=1S/C18H18F3NO3/c1-24-15-9-4-5-10-16(15)25-12-6-11-17(23)22-14-8-3-2-7-13(14)18(19,20)21/h2-5,7-10H,6,11-12H2,1H3,(H,22,23). The highest BCUT2D eigenvalue weighted by Gasteiger charge is 2.33. The van der Waals surface area contributed by atoms with E-state index in [4.69, 9.17) is 9.47 Å². The molecule has 0 unspecified atom stereocenters. The molecule has 134 valence electrons. The maximum absolute atomic E-state index is 12.9. The molecular weight excluding hydrogens is 335 g/mol. The SMILES string of the molecule is COc1ccccc1OCCCC(=O)Nc1ccccc1C(F)(F)F. The number of benzene rings is 2. The lowest BCUT2D eigenvalue weighted by Gasteiger charge is -2.13. The number of carbonyl (C=O) groups excluding carboxylic acids is 1. The number of hydrogen-bond acceptors (Lipinski definition) is 3. The molecule has 2 rings (SSSR count). The maximum atomic E-state index is 12.9. The van der Waals surface area contributed by atoms with Crippen LogP contribution < -0.4 is 14.8 Å². The number of halogens is 3. The summed E-state index contributed by atoms with van der Waals surface area (Å²) in [5.41, 5.74) is -1.11. The van der Waals surface area contributed by atoms with Crippen molar-refractivity contribution in [3.05, 3.63) is 54.1 Å². The Bertz CT molecular complexity index is 717. The van der Waals surface area contributed by atoms with Gasteiger partial charge in [-0.15, -0.1) is 0 Å². The number of carbonyl (C=O) groups is 1. The van der Waals surface area contributed by atoms with E-state index in [1.165, 1.54) is 25.3 Å². The number of nitrogens with one attached hydrogen (secondary N) is 1. The van der Waals surface area contributed by atoms with Crippen LogP contribution in [-0.4, -0.2) is 19.6 Å². The summed E-state index contributed by atoms with van der Waals surface area (Å²) in [6.07, 6.45) is -4.11. The Hall–Kier alpha value is -2.70. The lowest BCUT2D eigenvalue weighted by atomic mass is 10.1. The zero-order valence-corrected chi connectivity index (χ0v) is 13.6. The van der Waals surface area contributed by atoms with E-state index >= 15 is 0 Å². The second-order valence-electron chi connectivity index (χ2n) is 5.19. The summed E-state index contributed by atoms with van der Waals surface area (Å²) in [5.74, 6) is 0.624. The van der Waals surface area contributed by atoms with E-state index in [9.17, 15) is 18.0 Å². The first-order valence-corrected chi connectivity index (χ1v) is 7.63. The topological polar surface area (TPSA) is 47.6 Å². The molecule has 0 saturated carbocycles. The van der Waals surface area contributed by atoms with Gasteiger partial charge in [0, 0.05) is 6.42 Å². The number of para-hydroxylation sites is 3. The van der Waals surface area contributed by atoms with Crippen molar-refractivity contribution >= 4 is 11.6 Å². The number of amides is 1. The van der Waals surface area contributed by atoms with Gasteiger partial charge in [0.05, 0.1) is 25.0 Å². The molecule has 0 saturated heterocycles. The third kappa shape index (κ3) is 5.41. The van der Waals surface area contributed by atoms with Crippen LogP contribution in [0.4, 0.5) is 18.9 Å². The fourth-order valence-electron chi connectivity index (χ4n) is 2.20. The first-order chi connectivity index (χ1) is 11.9. The van der Waals surface area contributed by atoms with Gasteiger partial charge in [-0.05, 0) is 30.7 Å². The van der Waals surface area contributed by atoms with Gasteiger partial charge in [0.2, 0.25) is 5.91 Å². The number of rotatable bonds is 7. The molecule has 0 atom stereocenters. The minimum Gasteiger partial charge on any atom is -0.493 e. The third-order valence-corrected chi connectivity index (χ3v) is 3.38. The molecule has 2 aromatic rings. The van der Waals surface area contributed by atoms with Crippen LogP contribution in [0.15, 0.2) is 48.5 Å². The molecule has 25 heavy (non-hydrogen) atoms. The van der Waals surface area contributed by atoms with E-state index < -0.39 is 17.6 Å². The summed E-state index contributed by atoms with van der Waals surface area (Å²) in [4.78, 5) is 11.9. The Balaban J connectivity index is 1.84. The minimum atomic E-state index is -4.52. The molecule has 0 spiro atoms. The summed E-state index contributed by atoms with van der Waals surface area (Å²) >= 11 is 0. The summed E-state index contributed by atoms with van der Waals surface area (Å²) in [5, 5.41) is 2.30. The zero-order valence-electron chi connectivity index (χ0n) is 13.6. The Morgan fingerprint density at radius 1 is 1.04 bits per heavy atom. The second-order valence-corrected chi connectivity index (χ2v) is 5.19. The molecule has 0 bridgehead atoms. The molecule has 0 aliphatic carbocycles. The zero-order chi connectivity index (χ0) is 18.3. The van der Waals surface area contributed by atoms with Crippen LogP contribution >= 0.6 is 0 Å². The predicted octanol–water partition coefficient (Wildman–Crippen LogP) is 4.51. The van der Waals surface area contributed by atoms with E-state index in [0.717, 1.165) is 6.07 Å². The number of alkyl halides is 3. The van der Waals surface area contributed by atoms with Crippen LogP contribution in [0.25, 0.3) is 0 Å². The predicted molar refractivity (Wildman–Crippen MR) is 87.8 cm³/mol. The van der Waals surface area contributed by atoms with Gasteiger partial charge in [0.15, 0.2) is 11.5 Å². The number of hydrogen-bond donors (Lipinski definition) is 1. The van der Waals surface area contributed by atoms with Crippen LogP contribution in [0.1, 0.15) is 18.4 Å². The van der Waals surface area contributed by atoms with Gasteiger partial charge in [0.25, 0.3) is 0 Å². The molecule has 0 radical (unpaired) electrons. The number of ether oxygens (including phenoxy) is 2. The second kappa shape index (κ2) is 8.41. The molecule has 1 amide bonds. The first kappa shape index (κ1) is 18.6. The Morgan fingerprint density at radius 2 is 1.68 bits per heavy atom. The number of methoxy groups -OCH3 is 1. The molecule has 0 aliphatic rings. The lowest BCUT2D eigenvalue weighted by Crippen LogP contribution is -2.17. The maximum Gasteiger partial charge on any atom is 0.418 e. The van der Waals surface area contributed by atoms with Crippen molar-refractivity contribution in [1.29, 1.82) is 0 Å². The van der Waals surface area contributed by atoms with E-state index in [1.54, 1.807) is 24.3 Å². The molecule has 0 aromatic heterocycles. The van der Waals surface area contributed by atoms with Crippen molar-refractivity contribution in [3.63, 3.8) is 0 Å². The van der Waals surface area contributed by atoms with Gasteiger partial charge in [-0.2, -0.15) is 13.2 Å². The van der Waals surface area contributed by atoms with E-state index in [2.05, 4.69) is 5.32 Å². The average Bonchev–Trinajstić information content (AvgIpc) is 2.58. The Labute approximate surface area is 143 Å². The van der Waals surface area contributed by atoms with Gasteiger partial charge in [-0.1, -0.05) is 24.3 Å². The largest absolute Gasteiger partial charge is 0.493 e. The molecule has 4 nitrogen and oxygen atoms in total. The van der Waals surface area contributed by atoms with Gasteiger partial charge >= 0.3 is 6.18 Å². The quantitative estimate of drug-likeness (QED) is 0.745. The monoisotopic (exact) mass is 353 g/mol. The van der Waals surface area contributed by atoms with Crippen molar-refractivity contribution in [2.24, 2.45) is 0 Å². The van der Waals surface area contributed by atoms with Gasteiger partial charge in [-0.3, -0.25) is 4.79 Å². The Morgan fingerprint density at radius 3 is 2.36 bits per heavy atom. The smallest absolute Gasteiger partial charge is 0.418 e. The fourth-order valence-corrected chi connectivity index (χ4v) is 2.20. The third-order valence-electron chi connectivity index (χ3n) is 3.38. The normalized spacial score (nSPS) is 11.0. The fraction of sp³-hybridized carbons (Fsp3) is 0.278. The van der Waals surface area contributed by atoms with Gasteiger partial charge < -0.3 is 14.8 Å².